The molecule has 0 saturated carbocycles. The van der Waals surface area contributed by atoms with Crippen molar-refractivity contribution in [1.29, 1.82) is 0 Å². The monoisotopic (exact) mass is 371 g/mol. The Hall–Kier alpha value is -2.75. The Bertz CT molecular complexity index is 936. The largest absolute Gasteiger partial charge is 0.331 e. The van der Waals surface area contributed by atoms with Crippen LogP contribution in [0.4, 0.5) is 0 Å². The first-order chi connectivity index (χ1) is 13.3. The zero-order valence-corrected chi connectivity index (χ0v) is 16.2. The summed E-state index contributed by atoms with van der Waals surface area (Å²) in [6, 6.07) is 30.2. The fourth-order valence-electron chi connectivity index (χ4n) is 3.25. The van der Waals surface area contributed by atoms with Gasteiger partial charge >= 0.3 is 0 Å². The summed E-state index contributed by atoms with van der Waals surface area (Å²) < 4.78 is 0. The minimum absolute atomic E-state index is 0.275. The lowest BCUT2D eigenvalue weighted by Crippen LogP contribution is -2.84. The van der Waals surface area contributed by atoms with Crippen molar-refractivity contribution in [3.63, 3.8) is 0 Å². The predicted molar refractivity (Wildman–Crippen MR) is 113 cm³/mol. The molecule has 0 aliphatic carbocycles. The number of quaternary nitrogens is 1. The van der Waals surface area contributed by atoms with Gasteiger partial charge in [0.15, 0.2) is 0 Å². The summed E-state index contributed by atoms with van der Waals surface area (Å²) >= 11 is 1.72. The molecule has 0 fully saturated rings. The first-order valence-corrected chi connectivity index (χ1v) is 10.1. The van der Waals surface area contributed by atoms with E-state index in [-0.39, 0.29) is 6.04 Å². The van der Waals surface area contributed by atoms with Gasteiger partial charge in [-0.1, -0.05) is 90.5 Å². The average molecular weight is 372 g/mol. The van der Waals surface area contributed by atoms with Crippen LogP contribution in [0.2, 0.25) is 0 Å². The van der Waals surface area contributed by atoms with Crippen molar-refractivity contribution < 1.29 is 5.32 Å². The predicted octanol–water partition coefficient (Wildman–Crippen LogP) is 4.97. The molecular weight excluding hydrogens is 348 g/mol. The lowest BCUT2D eigenvalue weighted by Gasteiger charge is -2.16. The quantitative estimate of drug-likeness (QED) is 0.509. The second-order valence-corrected chi connectivity index (χ2v) is 7.61. The molecule has 0 aliphatic rings. The van der Waals surface area contributed by atoms with Crippen molar-refractivity contribution in [3.05, 3.63) is 113 Å². The highest BCUT2D eigenvalue weighted by Crippen LogP contribution is 2.24. The maximum Gasteiger partial charge on any atom is 0.138 e. The molecule has 0 unspecified atom stereocenters. The highest BCUT2D eigenvalue weighted by atomic mass is 32.1. The molecule has 1 aromatic heterocycles. The fraction of sp³-hybridized carbons (Fsp3) is 0.125. The van der Waals surface area contributed by atoms with Crippen LogP contribution < -0.4 is 5.32 Å². The number of thiazole rings is 1. The number of aryl methyl sites for hydroxylation is 1. The van der Waals surface area contributed by atoms with Crippen LogP contribution >= 0.6 is 11.3 Å². The van der Waals surface area contributed by atoms with Crippen LogP contribution in [-0.4, -0.2) is 4.98 Å². The van der Waals surface area contributed by atoms with E-state index in [0.29, 0.717) is 0 Å². The summed E-state index contributed by atoms with van der Waals surface area (Å²) in [6.45, 7) is 2.97. The van der Waals surface area contributed by atoms with Gasteiger partial charge in [0.1, 0.15) is 23.3 Å². The molecule has 3 aromatic carbocycles. The third-order valence-electron chi connectivity index (χ3n) is 4.73. The Balaban J connectivity index is 1.52. The van der Waals surface area contributed by atoms with E-state index < -0.39 is 0 Å². The minimum atomic E-state index is 0.275. The van der Waals surface area contributed by atoms with Crippen LogP contribution in [0.25, 0.3) is 10.6 Å². The third-order valence-corrected chi connectivity index (χ3v) is 5.67. The summed E-state index contributed by atoms with van der Waals surface area (Å²) in [4.78, 5) is 4.86. The van der Waals surface area contributed by atoms with Crippen molar-refractivity contribution in [2.45, 2.75) is 19.5 Å². The van der Waals surface area contributed by atoms with Crippen molar-refractivity contribution in [2.75, 3.05) is 0 Å². The maximum absolute atomic E-state index is 4.86. The third kappa shape index (κ3) is 4.33. The molecule has 4 rings (SSSR count). The Kier molecular flexibility index (Phi) is 5.42. The SMILES string of the molecule is Cc1ccc(-c2nc(C[NH2+]C(c3ccccc3)c3ccccc3)cs2)cc1. The molecule has 0 aliphatic heterocycles. The number of nitrogens with two attached hydrogens (primary N) is 1. The van der Waals surface area contributed by atoms with Crippen LogP contribution in [0.15, 0.2) is 90.3 Å². The van der Waals surface area contributed by atoms with E-state index in [4.69, 9.17) is 4.98 Å². The van der Waals surface area contributed by atoms with Crippen molar-refractivity contribution in [3.8, 4) is 10.6 Å². The van der Waals surface area contributed by atoms with Crippen LogP contribution in [-0.2, 0) is 6.54 Å². The summed E-state index contributed by atoms with van der Waals surface area (Å²) in [7, 11) is 0. The molecular formula is C24H23N2S+. The lowest BCUT2D eigenvalue weighted by atomic mass is 9.99. The van der Waals surface area contributed by atoms with Gasteiger partial charge in [-0.2, -0.15) is 0 Å². The molecule has 1 heterocycles. The topological polar surface area (TPSA) is 29.5 Å². The van der Waals surface area contributed by atoms with Crippen molar-refractivity contribution >= 4 is 11.3 Å². The van der Waals surface area contributed by atoms with Gasteiger partial charge in [-0.25, -0.2) is 4.98 Å². The number of rotatable bonds is 6. The molecule has 134 valence electrons. The first-order valence-electron chi connectivity index (χ1n) is 9.24. The van der Waals surface area contributed by atoms with E-state index in [1.165, 1.54) is 22.3 Å². The van der Waals surface area contributed by atoms with Gasteiger partial charge in [0.25, 0.3) is 0 Å². The number of hydrogen-bond donors (Lipinski definition) is 1. The normalized spacial score (nSPS) is 11.0. The molecule has 4 aromatic rings. The number of nitrogens with zero attached hydrogens (tertiary/aromatic N) is 1. The van der Waals surface area contributed by atoms with Crippen molar-refractivity contribution in [2.24, 2.45) is 0 Å². The van der Waals surface area contributed by atoms with Gasteiger partial charge in [-0.15, -0.1) is 11.3 Å². The van der Waals surface area contributed by atoms with E-state index in [1.54, 1.807) is 11.3 Å². The van der Waals surface area contributed by atoms with Gasteiger partial charge in [-0.3, -0.25) is 0 Å². The summed E-state index contributed by atoms with van der Waals surface area (Å²) in [5.41, 5.74) is 6.24. The van der Waals surface area contributed by atoms with E-state index in [2.05, 4.69) is 103 Å². The second-order valence-electron chi connectivity index (χ2n) is 6.75. The molecule has 0 atom stereocenters. The Morgan fingerprint density at radius 2 is 1.41 bits per heavy atom. The smallest absolute Gasteiger partial charge is 0.138 e. The van der Waals surface area contributed by atoms with Crippen LogP contribution in [0.5, 0.6) is 0 Å². The van der Waals surface area contributed by atoms with Gasteiger partial charge in [0.05, 0.1) is 0 Å². The Labute approximate surface area is 164 Å². The Morgan fingerprint density at radius 3 is 2.00 bits per heavy atom. The Morgan fingerprint density at radius 1 is 0.815 bits per heavy atom. The van der Waals surface area contributed by atoms with Gasteiger partial charge < -0.3 is 5.32 Å². The van der Waals surface area contributed by atoms with Gasteiger partial charge in [0.2, 0.25) is 0 Å². The molecule has 0 spiro atoms. The molecule has 2 nitrogen and oxygen atoms in total. The maximum atomic E-state index is 4.86. The second kappa shape index (κ2) is 8.30. The fourth-order valence-corrected chi connectivity index (χ4v) is 4.09. The first kappa shape index (κ1) is 17.7. The van der Waals surface area contributed by atoms with Gasteiger partial charge in [0, 0.05) is 22.1 Å². The zero-order valence-electron chi connectivity index (χ0n) is 15.4. The van der Waals surface area contributed by atoms with E-state index in [1.807, 2.05) is 0 Å². The van der Waals surface area contributed by atoms with E-state index >= 15 is 0 Å². The zero-order chi connectivity index (χ0) is 18.5. The number of hydrogen-bond acceptors (Lipinski definition) is 2. The lowest BCUT2D eigenvalue weighted by molar-refractivity contribution is -0.702. The molecule has 0 bridgehead atoms. The average Bonchev–Trinajstić information content (AvgIpc) is 3.19. The highest BCUT2D eigenvalue weighted by molar-refractivity contribution is 7.13. The summed E-state index contributed by atoms with van der Waals surface area (Å²) in [5.74, 6) is 0. The van der Waals surface area contributed by atoms with Gasteiger partial charge in [-0.05, 0) is 6.92 Å². The highest BCUT2D eigenvalue weighted by Gasteiger charge is 2.17. The molecule has 27 heavy (non-hydrogen) atoms. The summed E-state index contributed by atoms with van der Waals surface area (Å²) in [5, 5.41) is 5.64. The minimum Gasteiger partial charge on any atom is -0.331 e. The van der Waals surface area contributed by atoms with E-state index in [0.717, 1.165) is 17.2 Å². The van der Waals surface area contributed by atoms with Crippen LogP contribution in [0, 0.1) is 6.92 Å². The number of benzene rings is 3. The molecule has 2 N–H and O–H groups in total. The molecule has 3 heteroatoms. The molecule has 0 saturated heterocycles. The van der Waals surface area contributed by atoms with Crippen LogP contribution in [0.3, 0.4) is 0 Å². The van der Waals surface area contributed by atoms with E-state index in [9.17, 15) is 0 Å². The molecule has 0 radical (unpaired) electrons. The molecule has 0 amide bonds. The van der Waals surface area contributed by atoms with Crippen molar-refractivity contribution in [1.82, 2.24) is 4.98 Å². The summed E-state index contributed by atoms with van der Waals surface area (Å²) in [6.07, 6.45) is 0. The number of aromatic nitrogens is 1. The standard InChI is InChI=1S/C24H22N2S/c1-18-12-14-21(15-13-18)24-26-22(17-27-24)16-25-23(19-8-4-2-5-9-19)20-10-6-3-7-11-20/h2-15,17,23,25H,16H2,1H3/p+1. The van der Waals surface area contributed by atoms with Crippen LogP contribution in [0.1, 0.15) is 28.4 Å².